The van der Waals surface area contributed by atoms with E-state index in [9.17, 15) is 5.26 Å². The molecule has 0 spiro atoms. The number of hydrogen-bond acceptors (Lipinski definition) is 9. The number of rotatable bonds is 6. The third-order valence-corrected chi connectivity index (χ3v) is 8.89. The van der Waals surface area contributed by atoms with Crippen LogP contribution >= 0.6 is 0 Å². The van der Waals surface area contributed by atoms with Crippen LogP contribution in [0, 0.1) is 11.3 Å². The number of fused-ring (bicyclic) bond motifs is 4. The van der Waals surface area contributed by atoms with Gasteiger partial charge in [0.25, 0.3) is 0 Å². The lowest BCUT2D eigenvalue weighted by Crippen LogP contribution is -2.62. The van der Waals surface area contributed by atoms with Gasteiger partial charge in [-0.15, -0.1) is 0 Å². The second-order valence-electron chi connectivity index (χ2n) is 11.6. The quantitative estimate of drug-likeness (QED) is 0.277. The fourth-order valence-corrected chi connectivity index (χ4v) is 6.65. The second-order valence-corrected chi connectivity index (χ2v) is 11.6. The van der Waals surface area contributed by atoms with Crippen LogP contribution in [0.15, 0.2) is 97.3 Å². The Bertz CT molecular complexity index is 2050. The van der Waals surface area contributed by atoms with E-state index in [-0.39, 0.29) is 0 Å². The molecular weight excluding hydrogens is 560 g/mol. The molecule has 7 heterocycles. The van der Waals surface area contributed by atoms with E-state index in [1.165, 1.54) is 5.56 Å². The van der Waals surface area contributed by atoms with Crippen molar-refractivity contribution in [2.24, 2.45) is 0 Å². The summed E-state index contributed by atoms with van der Waals surface area (Å²) < 4.78 is 2.08. The van der Waals surface area contributed by atoms with Gasteiger partial charge in [-0.05, 0) is 60.9 Å². The Balaban J connectivity index is 1.10. The van der Waals surface area contributed by atoms with Crippen molar-refractivity contribution >= 4 is 22.9 Å². The van der Waals surface area contributed by atoms with Crippen molar-refractivity contribution in [3.63, 3.8) is 0 Å². The monoisotopic (exact) mass is 590 g/mol. The Morgan fingerprint density at radius 3 is 2.42 bits per heavy atom. The maximum atomic E-state index is 9.29. The molecule has 0 amide bonds. The van der Waals surface area contributed by atoms with Gasteiger partial charge in [-0.25, -0.2) is 24.9 Å². The lowest BCUT2D eigenvalue weighted by Gasteiger charge is -2.51. The minimum Gasteiger partial charge on any atom is -0.383 e. The molecule has 10 heteroatoms. The molecule has 3 aliphatic heterocycles. The molecule has 0 saturated carbocycles. The third kappa shape index (κ3) is 4.93. The summed E-state index contributed by atoms with van der Waals surface area (Å²) in [7, 11) is 0. The van der Waals surface area contributed by atoms with Crippen LogP contribution in [-0.2, 0) is 6.54 Å². The number of nitrogen functional groups attached to an aromatic ring is 1. The zero-order chi connectivity index (χ0) is 30.3. The van der Waals surface area contributed by atoms with Crippen LogP contribution in [0.3, 0.4) is 0 Å². The summed E-state index contributed by atoms with van der Waals surface area (Å²) in [5.74, 6) is 1.79. The lowest BCUT2D eigenvalue weighted by atomic mass is 9.90. The van der Waals surface area contributed by atoms with Gasteiger partial charge in [-0.3, -0.25) is 9.47 Å². The zero-order valence-electron chi connectivity index (χ0n) is 24.5. The van der Waals surface area contributed by atoms with Crippen LogP contribution in [-0.4, -0.2) is 59.6 Å². The van der Waals surface area contributed by atoms with Gasteiger partial charge in [0.15, 0.2) is 11.5 Å². The van der Waals surface area contributed by atoms with Crippen LogP contribution in [0.2, 0.25) is 0 Å². The Labute approximate surface area is 260 Å². The number of benzene rings is 2. The highest BCUT2D eigenvalue weighted by Crippen LogP contribution is 2.34. The van der Waals surface area contributed by atoms with Gasteiger partial charge in [-0.2, -0.15) is 5.26 Å². The minimum atomic E-state index is 0.331. The highest BCUT2D eigenvalue weighted by molar-refractivity contribution is 5.84. The summed E-state index contributed by atoms with van der Waals surface area (Å²) >= 11 is 0. The van der Waals surface area contributed by atoms with Crippen molar-refractivity contribution in [1.82, 2.24) is 34.4 Å². The zero-order valence-corrected chi connectivity index (χ0v) is 24.5. The third-order valence-electron chi connectivity index (χ3n) is 8.89. The Kier molecular flexibility index (Phi) is 6.65. The molecule has 4 aromatic heterocycles. The first-order valence-corrected chi connectivity index (χ1v) is 15.1. The predicted molar refractivity (Wildman–Crippen MR) is 173 cm³/mol. The highest BCUT2D eigenvalue weighted by atomic mass is 15.4. The molecule has 2 atom stereocenters. The van der Waals surface area contributed by atoms with E-state index in [1.807, 2.05) is 42.5 Å². The van der Waals surface area contributed by atoms with E-state index in [4.69, 9.17) is 15.7 Å². The summed E-state index contributed by atoms with van der Waals surface area (Å²) in [6.07, 6.45) is 5.61. The summed E-state index contributed by atoms with van der Waals surface area (Å²) in [6, 6.07) is 31.2. The minimum absolute atomic E-state index is 0.331. The van der Waals surface area contributed by atoms with Gasteiger partial charge in [0.1, 0.15) is 23.1 Å². The van der Waals surface area contributed by atoms with Crippen LogP contribution in [0.5, 0.6) is 0 Å². The van der Waals surface area contributed by atoms with Gasteiger partial charge < -0.3 is 10.6 Å². The number of nitrogens with zero attached hydrogens (tertiary/aromatic N) is 9. The van der Waals surface area contributed by atoms with Crippen molar-refractivity contribution in [3.05, 3.63) is 109 Å². The SMILES string of the molecule is N#Cc1ccnc(N2CC3CCC2CN3Cc2ccc(-n3c(-c4cccnc4N)nc4ccc(-c5ccccc5)nc43)cc2)n1. The molecule has 0 radical (unpaired) electrons. The summed E-state index contributed by atoms with van der Waals surface area (Å²) in [6.45, 7) is 2.66. The fraction of sp³-hybridized carbons (Fsp3) is 0.200. The summed E-state index contributed by atoms with van der Waals surface area (Å²) in [5.41, 5.74) is 13.2. The van der Waals surface area contributed by atoms with Crippen LogP contribution in [0.25, 0.3) is 39.5 Å². The molecule has 10 nitrogen and oxygen atoms in total. The molecule has 3 aliphatic rings. The first-order chi connectivity index (χ1) is 22.1. The number of nitriles is 1. The molecule has 3 saturated heterocycles. The molecule has 2 unspecified atom stereocenters. The highest BCUT2D eigenvalue weighted by Gasteiger charge is 2.40. The fourth-order valence-electron chi connectivity index (χ4n) is 6.65. The average molecular weight is 591 g/mol. The number of nitrogens with two attached hydrogens (primary N) is 1. The molecule has 45 heavy (non-hydrogen) atoms. The van der Waals surface area contributed by atoms with Crippen molar-refractivity contribution < 1.29 is 0 Å². The van der Waals surface area contributed by atoms with Crippen molar-refractivity contribution in [3.8, 4) is 34.4 Å². The second kappa shape index (κ2) is 11.1. The first kappa shape index (κ1) is 26.9. The number of hydrogen-bond donors (Lipinski definition) is 1. The topological polar surface area (TPSA) is 126 Å². The van der Waals surface area contributed by atoms with E-state index < -0.39 is 0 Å². The molecule has 9 rings (SSSR count). The number of anilines is 2. The molecule has 2 N–H and O–H groups in total. The van der Waals surface area contributed by atoms with Gasteiger partial charge >= 0.3 is 0 Å². The van der Waals surface area contributed by atoms with Crippen molar-refractivity contribution in [2.75, 3.05) is 23.7 Å². The molecule has 6 aromatic rings. The number of piperazine rings is 1. The summed E-state index contributed by atoms with van der Waals surface area (Å²) in [5, 5.41) is 9.29. The first-order valence-electron chi connectivity index (χ1n) is 15.1. The van der Waals surface area contributed by atoms with Gasteiger partial charge in [0.05, 0.1) is 11.3 Å². The molecule has 220 valence electrons. The van der Waals surface area contributed by atoms with E-state index in [2.05, 4.69) is 71.8 Å². The number of imidazole rings is 1. The molecule has 3 fully saturated rings. The smallest absolute Gasteiger partial charge is 0.226 e. The number of piperidine rings is 2. The van der Waals surface area contributed by atoms with Crippen molar-refractivity contribution in [2.45, 2.75) is 31.5 Å². The van der Waals surface area contributed by atoms with Crippen LogP contribution < -0.4 is 10.6 Å². The van der Waals surface area contributed by atoms with E-state index in [0.29, 0.717) is 35.4 Å². The lowest BCUT2D eigenvalue weighted by molar-refractivity contribution is 0.0879. The predicted octanol–water partition coefficient (Wildman–Crippen LogP) is 5.25. The standard InChI is InChI=1S/C35H30N10/c36-19-25-16-18-39-35(40-25)44-22-27-12-13-28(44)21-43(27)20-23-8-10-26(11-9-23)45-33(29-7-4-17-38-32(29)37)42-31-15-14-30(41-34(31)45)24-5-2-1-3-6-24/h1-11,14-18,27-28H,12-13,20-22H2,(H2,37,38). The summed E-state index contributed by atoms with van der Waals surface area (Å²) in [4.78, 5) is 28.2. The van der Waals surface area contributed by atoms with Crippen LogP contribution in [0.1, 0.15) is 24.1 Å². The van der Waals surface area contributed by atoms with E-state index >= 15 is 0 Å². The Hall–Kier alpha value is -5.66. The average Bonchev–Trinajstić information content (AvgIpc) is 3.48. The normalized spacial score (nSPS) is 17.9. The molecule has 2 aromatic carbocycles. The number of aromatic nitrogens is 6. The van der Waals surface area contributed by atoms with Crippen LogP contribution in [0.4, 0.5) is 11.8 Å². The Morgan fingerprint density at radius 2 is 1.64 bits per heavy atom. The van der Waals surface area contributed by atoms with Crippen molar-refractivity contribution in [1.29, 1.82) is 5.26 Å². The molecule has 2 bridgehead atoms. The molecular formula is C35H30N10. The van der Waals surface area contributed by atoms with E-state index in [0.717, 1.165) is 66.1 Å². The maximum absolute atomic E-state index is 9.29. The van der Waals surface area contributed by atoms with Gasteiger partial charge in [0.2, 0.25) is 5.95 Å². The molecule has 0 aliphatic carbocycles. The van der Waals surface area contributed by atoms with Gasteiger partial charge in [0, 0.05) is 55.4 Å². The Morgan fingerprint density at radius 1 is 0.800 bits per heavy atom. The largest absolute Gasteiger partial charge is 0.383 e. The van der Waals surface area contributed by atoms with Gasteiger partial charge in [-0.1, -0.05) is 42.5 Å². The number of pyridine rings is 2. The van der Waals surface area contributed by atoms with E-state index in [1.54, 1.807) is 18.5 Å². The maximum Gasteiger partial charge on any atom is 0.226 e.